The molecule has 0 spiro atoms. The van der Waals surface area contributed by atoms with E-state index in [0.717, 1.165) is 19.3 Å². The van der Waals surface area contributed by atoms with Gasteiger partial charge in [0.05, 0.1) is 5.60 Å². The highest BCUT2D eigenvalue weighted by Gasteiger charge is 2.32. The lowest BCUT2D eigenvalue weighted by Crippen LogP contribution is -2.36. The highest BCUT2D eigenvalue weighted by molar-refractivity contribution is 4.86. The van der Waals surface area contributed by atoms with Gasteiger partial charge in [-0.1, -0.05) is 19.8 Å². The van der Waals surface area contributed by atoms with Crippen LogP contribution in [-0.2, 0) is 0 Å². The summed E-state index contributed by atoms with van der Waals surface area (Å²) in [6.07, 6.45) is 6.77. The highest BCUT2D eigenvalue weighted by Crippen LogP contribution is 2.35. The van der Waals surface area contributed by atoms with Gasteiger partial charge in [-0.2, -0.15) is 0 Å². The lowest BCUT2D eigenvalue weighted by molar-refractivity contribution is -0.0416. The van der Waals surface area contributed by atoms with Crippen LogP contribution in [0, 0.1) is 0 Å². The summed E-state index contributed by atoms with van der Waals surface area (Å²) in [5, 5.41) is 9.54. The molecule has 0 saturated heterocycles. The Bertz CT molecular complexity index is 84.6. The predicted molar refractivity (Wildman–Crippen MR) is 38.3 cm³/mol. The van der Waals surface area contributed by atoms with Crippen LogP contribution in [0.1, 0.15) is 45.4 Å². The molecule has 0 bridgehead atoms. The second-order valence-corrected chi connectivity index (χ2v) is 3.18. The molecule has 1 N–H and O–H groups in total. The van der Waals surface area contributed by atoms with E-state index in [2.05, 4.69) is 6.92 Å². The number of rotatable bonds is 3. The minimum atomic E-state index is -0.226. The Morgan fingerprint density at radius 3 is 2.44 bits per heavy atom. The maximum absolute atomic E-state index is 9.54. The van der Waals surface area contributed by atoms with Crippen LogP contribution in [0.2, 0.25) is 0 Å². The molecule has 1 aliphatic rings. The Balaban J connectivity index is 2.09. The molecule has 0 aromatic carbocycles. The summed E-state index contributed by atoms with van der Waals surface area (Å²) in [5.74, 6) is 0. The molecular formula is C8H16O. The van der Waals surface area contributed by atoms with Gasteiger partial charge in [-0.25, -0.2) is 0 Å². The van der Waals surface area contributed by atoms with Crippen LogP contribution >= 0.6 is 0 Å². The first-order valence-corrected chi connectivity index (χ1v) is 3.99. The molecule has 0 aromatic rings. The van der Waals surface area contributed by atoms with Gasteiger partial charge < -0.3 is 5.11 Å². The van der Waals surface area contributed by atoms with Gasteiger partial charge in [0.25, 0.3) is 0 Å². The topological polar surface area (TPSA) is 20.2 Å². The molecule has 0 aliphatic heterocycles. The molecule has 1 aliphatic carbocycles. The third-order valence-electron chi connectivity index (χ3n) is 2.28. The highest BCUT2D eigenvalue weighted by atomic mass is 16.3. The van der Waals surface area contributed by atoms with Crippen molar-refractivity contribution in [2.24, 2.45) is 0 Å². The average Bonchev–Trinajstić information content (AvgIpc) is 1.79. The Kier molecular flexibility index (Phi) is 2.12. The third kappa shape index (κ3) is 1.68. The van der Waals surface area contributed by atoms with E-state index in [1.54, 1.807) is 0 Å². The molecular weight excluding hydrogens is 112 g/mol. The molecule has 0 unspecified atom stereocenters. The predicted octanol–water partition coefficient (Wildman–Crippen LogP) is 2.09. The Hall–Kier alpha value is -0.0400. The van der Waals surface area contributed by atoms with Crippen LogP contribution in [0.25, 0.3) is 0 Å². The summed E-state index contributed by atoms with van der Waals surface area (Å²) >= 11 is 0. The third-order valence-corrected chi connectivity index (χ3v) is 2.28. The number of unbranched alkanes of at least 4 members (excludes halogenated alkanes) is 1. The standard InChI is InChI=1S/C8H16O/c1-2-3-5-8(9)6-4-7-8/h9H,2-7H2,1H3. The molecule has 0 amide bonds. The molecule has 54 valence electrons. The summed E-state index contributed by atoms with van der Waals surface area (Å²) in [4.78, 5) is 0. The summed E-state index contributed by atoms with van der Waals surface area (Å²) in [6.45, 7) is 2.17. The van der Waals surface area contributed by atoms with Crippen LogP contribution in [0.15, 0.2) is 0 Å². The van der Waals surface area contributed by atoms with Crippen molar-refractivity contribution < 1.29 is 5.11 Å². The normalized spacial score (nSPS) is 23.3. The van der Waals surface area contributed by atoms with Crippen LogP contribution in [0.3, 0.4) is 0 Å². The van der Waals surface area contributed by atoms with Gasteiger partial charge >= 0.3 is 0 Å². The summed E-state index contributed by atoms with van der Waals surface area (Å²) in [6, 6.07) is 0. The van der Waals surface area contributed by atoms with Gasteiger partial charge in [-0.3, -0.25) is 0 Å². The van der Waals surface area contributed by atoms with Gasteiger partial charge in [-0.15, -0.1) is 0 Å². The lowest BCUT2D eigenvalue weighted by atomic mass is 9.77. The molecule has 1 nitrogen and oxygen atoms in total. The van der Waals surface area contributed by atoms with E-state index in [-0.39, 0.29) is 5.60 Å². The van der Waals surface area contributed by atoms with Crippen molar-refractivity contribution in [3.05, 3.63) is 0 Å². The van der Waals surface area contributed by atoms with Crippen molar-refractivity contribution >= 4 is 0 Å². The zero-order valence-corrected chi connectivity index (χ0v) is 6.19. The van der Waals surface area contributed by atoms with E-state index in [4.69, 9.17) is 0 Å². The van der Waals surface area contributed by atoms with E-state index in [1.165, 1.54) is 19.3 Å². The summed E-state index contributed by atoms with van der Waals surface area (Å²) in [5.41, 5.74) is -0.226. The fourth-order valence-electron chi connectivity index (χ4n) is 1.34. The molecule has 0 atom stereocenters. The van der Waals surface area contributed by atoms with Crippen molar-refractivity contribution in [3.8, 4) is 0 Å². The van der Waals surface area contributed by atoms with Crippen molar-refractivity contribution in [2.45, 2.75) is 51.0 Å². The molecule has 1 heteroatoms. The lowest BCUT2D eigenvalue weighted by Gasteiger charge is -2.36. The molecule has 1 rings (SSSR count). The maximum Gasteiger partial charge on any atom is 0.0647 e. The molecule has 0 heterocycles. The Labute approximate surface area is 57.1 Å². The first-order valence-electron chi connectivity index (χ1n) is 3.99. The largest absolute Gasteiger partial charge is 0.390 e. The van der Waals surface area contributed by atoms with E-state index in [9.17, 15) is 5.11 Å². The van der Waals surface area contributed by atoms with E-state index < -0.39 is 0 Å². The first kappa shape index (κ1) is 7.07. The first-order chi connectivity index (χ1) is 4.27. The fourth-order valence-corrected chi connectivity index (χ4v) is 1.34. The molecule has 9 heavy (non-hydrogen) atoms. The van der Waals surface area contributed by atoms with Crippen molar-refractivity contribution in [2.75, 3.05) is 0 Å². The maximum atomic E-state index is 9.54. The second-order valence-electron chi connectivity index (χ2n) is 3.18. The van der Waals surface area contributed by atoms with Gasteiger partial charge in [0.2, 0.25) is 0 Å². The quantitative estimate of drug-likeness (QED) is 0.617. The SMILES string of the molecule is CCCCC1(O)CCC1. The van der Waals surface area contributed by atoms with Crippen molar-refractivity contribution in [3.63, 3.8) is 0 Å². The number of aliphatic hydroxyl groups is 1. The van der Waals surface area contributed by atoms with E-state index in [1.807, 2.05) is 0 Å². The van der Waals surface area contributed by atoms with Crippen molar-refractivity contribution in [1.29, 1.82) is 0 Å². The Morgan fingerprint density at radius 1 is 1.44 bits per heavy atom. The van der Waals surface area contributed by atoms with Gasteiger partial charge in [-0.05, 0) is 25.7 Å². The number of hydrogen-bond donors (Lipinski definition) is 1. The molecule has 0 aromatic heterocycles. The van der Waals surface area contributed by atoms with Crippen LogP contribution in [0.5, 0.6) is 0 Å². The smallest absolute Gasteiger partial charge is 0.0647 e. The van der Waals surface area contributed by atoms with Crippen LogP contribution < -0.4 is 0 Å². The second kappa shape index (κ2) is 2.70. The monoisotopic (exact) mass is 128 g/mol. The average molecular weight is 128 g/mol. The zero-order chi connectivity index (χ0) is 6.74. The Morgan fingerprint density at radius 2 is 2.11 bits per heavy atom. The molecule has 0 radical (unpaired) electrons. The minimum Gasteiger partial charge on any atom is -0.390 e. The minimum absolute atomic E-state index is 0.226. The van der Waals surface area contributed by atoms with Gasteiger partial charge in [0.1, 0.15) is 0 Å². The fraction of sp³-hybridized carbons (Fsp3) is 1.00. The number of hydrogen-bond acceptors (Lipinski definition) is 1. The molecule has 1 saturated carbocycles. The van der Waals surface area contributed by atoms with Gasteiger partial charge in [0.15, 0.2) is 0 Å². The van der Waals surface area contributed by atoms with E-state index in [0.29, 0.717) is 0 Å². The summed E-state index contributed by atoms with van der Waals surface area (Å²) < 4.78 is 0. The van der Waals surface area contributed by atoms with Crippen LogP contribution in [0.4, 0.5) is 0 Å². The summed E-state index contributed by atoms with van der Waals surface area (Å²) in [7, 11) is 0. The molecule has 1 fully saturated rings. The van der Waals surface area contributed by atoms with E-state index >= 15 is 0 Å². The zero-order valence-electron chi connectivity index (χ0n) is 6.19. The van der Waals surface area contributed by atoms with Crippen molar-refractivity contribution in [1.82, 2.24) is 0 Å². The van der Waals surface area contributed by atoms with Gasteiger partial charge in [0, 0.05) is 0 Å². The van der Waals surface area contributed by atoms with Crippen LogP contribution in [-0.4, -0.2) is 10.7 Å².